The quantitative estimate of drug-likeness (QED) is 0.507. The highest BCUT2D eigenvalue weighted by Crippen LogP contribution is 2.32. The van der Waals surface area contributed by atoms with Crippen molar-refractivity contribution in [2.75, 3.05) is 0 Å². The zero-order chi connectivity index (χ0) is 20.3. The highest BCUT2D eigenvalue weighted by atomic mass is 16.1. The largest absolute Gasteiger partial charge is 0.299 e. The van der Waals surface area contributed by atoms with E-state index in [1.165, 1.54) is 17.5 Å². The Labute approximate surface area is 161 Å². The lowest BCUT2D eigenvalue weighted by Gasteiger charge is -2.13. The monoisotopic (exact) mass is 362 g/mol. The molecular weight excluding hydrogens is 324 g/mol. The minimum absolute atomic E-state index is 0. The van der Waals surface area contributed by atoms with Crippen molar-refractivity contribution in [2.45, 2.75) is 86.5 Å². The van der Waals surface area contributed by atoms with Crippen molar-refractivity contribution in [1.82, 2.24) is 0 Å². The summed E-state index contributed by atoms with van der Waals surface area (Å²) in [5.41, 5.74) is 3.42. The van der Waals surface area contributed by atoms with Gasteiger partial charge in [0.1, 0.15) is 11.6 Å². The van der Waals surface area contributed by atoms with Gasteiger partial charge >= 0.3 is 0 Å². The Morgan fingerprint density at radius 1 is 1.04 bits per heavy atom. The van der Waals surface area contributed by atoms with Crippen LogP contribution in [-0.2, 0) is 9.59 Å². The lowest BCUT2D eigenvalue weighted by molar-refractivity contribution is -0.132. The van der Waals surface area contributed by atoms with Crippen molar-refractivity contribution in [3.05, 3.63) is 34.9 Å². The van der Waals surface area contributed by atoms with Crippen LogP contribution in [-0.4, -0.2) is 17.3 Å². The molecule has 1 fully saturated rings. The fraction of sp³-hybridized carbons (Fsp3) is 0.609. The standard InChI is InChI=1S/C11H12O.C7H10O2.C3H8.C2H6.H2/c1-7-3-4-9-10(5-7)8(2)6-11(9)12;1-5-2-3-6(8)4-7(5)9;1-3-2;1-2;/h3-5,8H,6H2,1-2H3;5H,2-4H2,1H3;3H2,1-2H3;1-2H3;1H. The minimum Gasteiger partial charge on any atom is -0.299 e. The van der Waals surface area contributed by atoms with Crippen LogP contribution in [0.1, 0.15) is 102 Å². The number of fused-ring (bicyclic) bond motifs is 1. The molecule has 0 bridgehead atoms. The number of ketones is 3. The fourth-order valence-corrected chi connectivity index (χ4v) is 2.84. The maximum atomic E-state index is 11.4. The second kappa shape index (κ2) is 12.6. The Bertz CT molecular complexity index is 608. The van der Waals surface area contributed by atoms with Gasteiger partial charge in [0.05, 0.1) is 6.42 Å². The second-order valence-electron chi connectivity index (χ2n) is 6.95. The zero-order valence-electron chi connectivity index (χ0n) is 17.6. The van der Waals surface area contributed by atoms with E-state index in [4.69, 9.17) is 0 Å². The molecule has 0 spiro atoms. The Morgan fingerprint density at radius 3 is 2.12 bits per heavy atom. The Kier molecular flexibility index (Phi) is 11.7. The number of rotatable bonds is 0. The van der Waals surface area contributed by atoms with E-state index >= 15 is 0 Å². The number of carbonyl (C=O) groups is 3. The predicted molar refractivity (Wildman–Crippen MR) is 111 cm³/mol. The predicted octanol–water partition coefficient (Wildman–Crippen LogP) is 6.32. The Balaban J connectivity index is 0. The van der Waals surface area contributed by atoms with E-state index in [2.05, 4.69) is 33.8 Å². The Hall–Kier alpha value is -1.77. The molecular formula is C23H38O3. The van der Waals surface area contributed by atoms with Gasteiger partial charge in [0.25, 0.3) is 0 Å². The first kappa shape index (κ1) is 24.2. The number of hydrogen-bond donors (Lipinski definition) is 0. The maximum absolute atomic E-state index is 11.4. The second-order valence-corrected chi connectivity index (χ2v) is 6.95. The summed E-state index contributed by atoms with van der Waals surface area (Å²) in [5, 5.41) is 0. The molecule has 1 saturated carbocycles. The van der Waals surface area contributed by atoms with Gasteiger partial charge in [0, 0.05) is 25.7 Å². The van der Waals surface area contributed by atoms with Gasteiger partial charge in [-0.15, -0.1) is 0 Å². The summed E-state index contributed by atoms with van der Waals surface area (Å²) in [6, 6.07) is 6.09. The summed E-state index contributed by atoms with van der Waals surface area (Å²) in [7, 11) is 0. The molecule has 0 aliphatic heterocycles. The molecule has 0 amide bonds. The SMILES string of the molecule is CC.CC1CCC(=O)CC1=O.CCC.Cc1ccc2c(c1)C(C)CC2=O.[HH]. The number of aryl methyl sites for hydroxylation is 1. The third-order valence-corrected chi connectivity index (χ3v) is 4.31. The Morgan fingerprint density at radius 2 is 1.62 bits per heavy atom. The van der Waals surface area contributed by atoms with E-state index in [1.54, 1.807) is 0 Å². The van der Waals surface area contributed by atoms with Crippen LogP contribution < -0.4 is 0 Å². The van der Waals surface area contributed by atoms with E-state index in [0.29, 0.717) is 24.5 Å². The van der Waals surface area contributed by atoms with Crippen molar-refractivity contribution in [2.24, 2.45) is 5.92 Å². The number of carbonyl (C=O) groups excluding carboxylic acids is 3. The van der Waals surface area contributed by atoms with Crippen LogP contribution in [0.2, 0.25) is 0 Å². The normalized spacial score (nSPS) is 20.7. The van der Waals surface area contributed by atoms with Crippen molar-refractivity contribution in [3.8, 4) is 0 Å². The summed E-state index contributed by atoms with van der Waals surface area (Å²) >= 11 is 0. The first-order valence-electron chi connectivity index (χ1n) is 9.98. The third kappa shape index (κ3) is 7.63. The van der Waals surface area contributed by atoms with Crippen LogP contribution >= 0.6 is 0 Å². The summed E-state index contributed by atoms with van der Waals surface area (Å²) in [5.74, 6) is 1.08. The van der Waals surface area contributed by atoms with E-state index in [1.807, 2.05) is 32.9 Å². The highest BCUT2D eigenvalue weighted by molar-refractivity contribution is 6.02. The van der Waals surface area contributed by atoms with Crippen LogP contribution in [0.5, 0.6) is 0 Å². The van der Waals surface area contributed by atoms with E-state index in [0.717, 1.165) is 12.0 Å². The molecule has 2 aliphatic rings. The molecule has 0 heterocycles. The van der Waals surface area contributed by atoms with Crippen molar-refractivity contribution in [3.63, 3.8) is 0 Å². The van der Waals surface area contributed by atoms with E-state index in [9.17, 15) is 14.4 Å². The van der Waals surface area contributed by atoms with Gasteiger partial charge in [0.2, 0.25) is 0 Å². The van der Waals surface area contributed by atoms with Gasteiger partial charge in [-0.25, -0.2) is 0 Å². The average Bonchev–Trinajstić information content (AvgIpc) is 2.88. The molecule has 0 N–H and O–H groups in total. The minimum atomic E-state index is 0. The molecule has 0 aromatic heterocycles. The zero-order valence-corrected chi connectivity index (χ0v) is 17.6. The van der Waals surface area contributed by atoms with Gasteiger partial charge in [-0.1, -0.05) is 71.7 Å². The lowest BCUT2D eigenvalue weighted by atomic mass is 9.89. The van der Waals surface area contributed by atoms with Gasteiger partial charge in [-0.05, 0) is 24.8 Å². The third-order valence-electron chi connectivity index (χ3n) is 4.31. The molecule has 2 aliphatic carbocycles. The fourth-order valence-electron chi connectivity index (χ4n) is 2.84. The summed E-state index contributed by atoms with van der Waals surface area (Å²) in [6.07, 6.45) is 3.49. The van der Waals surface area contributed by atoms with Gasteiger partial charge < -0.3 is 0 Å². The summed E-state index contributed by atoms with van der Waals surface area (Å²) in [6.45, 7) is 14.3. The molecule has 1 aromatic carbocycles. The molecule has 0 saturated heterocycles. The molecule has 3 nitrogen and oxygen atoms in total. The van der Waals surface area contributed by atoms with Crippen molar-refractivity contribution in [1.29, 1.82) is 0 Å². The maximum Gasteiger partial charge on any atom is 0.163 e. The van der Waals surface area contributed by atoms with E-state index in [-0.39, 0.29) is 25.3 Å². The van der Waals surface area contributed by atoms with Gasteiger partial charge in [-0.3, -0.25) is 14.4 Å². The van der Waals surface area contributed by atoms with Crippen LogP contribution in [0.25, 0.3) is 0 Å². The van der Waals surface area contributed by atoms with E-state index < -0.39 is 0 Å². The number of Topliss-reactive ketones (excluding diaryl/α,β-unsaturated/α-hetero) is 3. The first-order chi connectivity index (χ1) is 12.3. The van der Waals surface area contributed by atoms with Gasteiger partial charge in [0.15, 0.2) is 5.78 Å². The number of hydrogen-bond acceptors (Lipinski definition) is 3. The average molecular weight is 363 g/mol. The molecule has 148 valence electrons. The van der Waals surface area contributed by atoms with Crippen LogP contribution in [0, 0.1) is 12.8 Å². The van der Waals surface area contributed by atoms with Gasteiger partial charge in [-0.2, -0.15) is 0 Å². The van der Waals surface area contributed by atoms with Crippen LogP contribution in [0.15, 0.2) is 18.2 Å². The van der Waals surface area contributed by atoms with Crippen molar-refractivity contribution < 1.29 is 15.8 Å². The summed E-state index contributed by atoms with van der Waals surface area (Å²) < 4.78 is 0. The number of benzene rings is 1. The van der Waals surface area contributed by atoms with Crippen molar-refractivity contribution >= 4 is 17.3 Å². The first-order valence-corrected chi connectivity index (χ1v) is 9.98. The molecule has 3 rings (SSSR count). The topological polar surface area (TPSA) is 51.2 Å². The highest BCUT2D eigenvalue weighted by Gasteiger charge is 2.25. The smallest absolute Gasteiger partial charge is 0.163 e. The molecule has 0 radical (unpaired) electrons. The molecule has 26 heavy (non-hydrogen) atoms. The lowest BCUT2D eigenvalue weighted by Crippen LogP contribution is -2.22. The molecule has 2 unspecified atom stereocenters. The van der Waals surface area contributed by atoms with Crippen LogP contribution in [0.4, 0.5) is 0 Å². The molecule has 1 aromatic rings. The molecule has 3 heteroatoms. The van der Waals surface area contributed by atoms with Crippen LogP contribution in [0.3, 0.4) is 0 Å². The molecule has 2 atom stereocenters. The summed E-state index contributed by atoms with van der Waals surface area (Å²) in [4.78, 5) is 32.8.